The molecule has 1 spiro atoms. The van der Waals surface area contributed by atoms with E-state index in [0.717, 1.165) is 29.8 Å². The first kappa shape index (κ1) is 17.6. The third kappa shape index (κ3) is 3.41. The lowest BCUT2D eigenvalue weighted by Gasteiger charge is -2.44. The summed E-state index contributed by atoms with van der Waals surface area (Å²) in [7, 11) is 1.82. The molecule has 7 heteroatoms. The van der Waals surface area contributed by atoms with Gasteiger partial charge in [0.1, 0.15) is 0 Å². The van der Waals surface area contributed by atoms with Crippen molar-refractivity contribution in [1.82, 2.24) is 20.0 Å². The fourth-order valence-corrected chi connectivity index (χ4v) is 4.11. The highest BCUT2D eigenvalue weighted by atomic mass is 16.2. The van der Waals surface area contributed by atoms with Gasteiger partial charge in [-0.1, -0.05) is 18.2 Å². The van der Waals surface area contributed by atoms with Crippen LogP contribution in [0.2, 0.25) is 0 Å². The molecule has 0 aliphatic carbocycles. The number of likely N-dealkylation sites (tertiary alicyclic amines) is 1. The summed E-state index contributed by atoms with van der Waals surface area (Å²) in [6, 6.07) is 8.09. The van der Waals surface area contributed by atoms with Gasteiger partial charge in [-0.3, -0.25) is 14.3 Å². The van der Waals surface area contributed by atoms with E-state index in [2.05, 4.69) is 21.8 Å². The van der Waals surface area contributed by atoms with Crippen LogP contribution in [0.5, 0.6) is 0 Å². The second-order valence-corrected chi connectivity index (χ2v) is 7.61. The molecule has 4 rings (SSSR count). The number of carbonyl (C=O) groups is 2. The van der Waals surface area contributed by atoms with Crippen molar-refractivity contribution < 1.29 is 9.59 Å². The SMILES string of the molecule is Cc1nn(C)cc1C(=O)N1CCC2(CC1)CC(=O)NCc1ccccc1N2. The van der Waals surface area contributed by atoms with Gasteiger partial charge in [0.2, 0.25) is 5.91 Å². The maximum atomic E-state index is 12.9. The van der Waals surface area contributed by atoms with Gasteiger partial charge in [-0.15, -0.1) is 0 Å². The van der Waals surface area contributed by atoms with E-state index in [1.54, 1.807) is 10.9 Å². The number of anilines is 1. The number of nitrogens with one attached hydrogen (secondary N) is 2. The fraction of sp³-hybridized carbons (Fsp3) is 0.450. The quantitative estimate of drug-likeness (QED) is 0.806. The van der Waals surface area contributed by atoms with Crippen molar-refractivity contribution in [2.24, 2.45) is 7.05 Å². The van der Waals surface area contributed by atoms with Crippen molar-refractivity contribution in [3.63, 3.8) is 0 Å². The largest absolute Gasteiger partial charge is 0.379 e. The molecule has 7 nitrogen and oxygen atoms in total. The maximum absolute atomic E-state index is 12.9. The second-order valence-electron chi connectivity index (χ2n) is 7.61. The molecular formula is C20H25N5O2. The van der Waals surface area contributed by atoms with Crippen LogP contribution in [0.1, 0.15) is 40.9 Å². The van der Waals surface area contributed by atoms with Crippen LogP contribution in [0.4, 0.5) is 5.69 Å². The Labute approximate surface area is 158 Å². The van der Waals surface area contributed by atoms with Gasteiger partial charge in [0.15, 0.2) is 0 Å². The Kier molecular flexibility index (Phi) is 4.37. The van der Waals surface area contributed by atoms with Crippen molar-refractivity contribution in [1.29, 1.82) is 0 Å². The summed E-state index contributed by atoms with van der Waals surface area (Å²) in [5.74, 6) is 0.0750. The number of hydrogen-bond acceptors (Lipinski definition) is 4. The minimum Gasteiger partial charge on any atom is -0.379 e. The second kappa shape index (κ2) is 6.72. The van der Waals surface area contributed by atoms with Crippen LogP contribution in [0, 0.1) is 6.92 Å². The predicted molar refractivity (Wildman–Crippen MR) is 102 cm³/mol. The number of benzene rings is 1. The van der Waals surface area contributed by atoms with Crippen LogP contribution >= 0.6 is 0 Å². The molecule has 1 fully saturated rings. The predicted octanol–water partition coefficient (Wildman–Crippen LogP) is 1.84. The van der Waals surface area contributed by atoms with Crippen LogP contribution in [0.15, 0.2) is 30.5 Å². The van der Waals surface area contributed by atoms with Crippen LogP contribution in [0.3, 0.4) is 0 Å². The minimum atomic E-state index is -0.318. The van der Waals surface area contributed by atoms with Crippen LogP contribution < -0.4 is 10.6 Å². The summed E-state index contributed by atoms with van der Waals surface area (Å²) in [6.45, 7) is 3.64. The number of rotatable bonds is 1. The Bertz CT molecular complexity index is 880. The molecule has 2 aliphatic rings. The third-order valence-electron chi connectivity index (χ3n) is 5.64. The van der Waals surface area contributed by atoms with Crippen LogP contribution in [-0.4, -0.2) is 45.1 Å². The lowest BCUT2D eigenvalue weighted by molar-refractivity contribution is -0.122. The van der Waals surface area contributed by atoms with E-state index in [4.69, 9.17) is 0 Å². The van der Waals surface area contributed by atoms with E-state index in [9.17, 15) is 9.59 Å². The van der Waals surface area contributed by atoms with Crippen molar-refractivity contribution in [2.75, 3.05) is 18.4 Å². The molecule has 0 saturated carbocycles. The normalized spacial score (nSPS) is 18.9. The Hall–Kier alpha value is -2.83. The zero-order valence-electron chi connectivity index (χ0n) is 15.8. The zero-order valence-corrected chi connectivity index (χ0v) is 15.8. The number of amides is 2. The van der Waals surface area contributed by atoms with Gasteiger partial charge < -0.3 is 15.5 Å². The summed E-state index contributed by atoms with van der Waals surface area (Å²) in [5.41, 5.74) is 3.25. The number of piperidine rings is 1. The van der Waals surface area contributed by atoms with E-state index >= 15 is 0 Å². The first-order valence-electron chi connectivity index (χ1n) is 9.38. The van der Waals surface area contributed by atoms with Gasteiger partial charge in [-0.05, 0) is 31.4 Å². The molecule has 2 aromatic rings. The number of aryl methyl sites for hydroxylation is 2. The van der Waals surface area contributed by atoms with E-state index in [1.165, 1.54) is 0 Å². The smallest absolute Gasteiger partial charge is 0.257 e. The molecule has 2 N–H and O–H groups in total. The van der Waals surface area contributed by atoms with Crippen molar-refractivity contribution in [2.45, 2.75) is 38.3 Å². The molecule has 0 unspecified atom stereocenters. The summed E-state index contributed by atoms with van der Waals surface area (Å²) >= 11 is 0. The average Bonchev–Trinajstić information content (AvgIpc) is 2.98. The lowest BCUT2D eigenvalue weighted by atomic mass is 9.82. The number of nitrogens with zero attached hydrogens (tertiary/aromatic N) is 3. The standard InChI is InChI=1S/C20H25N5O2/c1-14-16(13-24(2)23-14)19(27)25-9-7-20(8-10-25)11-18(26)21-12-15-5-3-4-6-17(15)22-20/h3-6,13,22H,7-12H2,1-2H3,(H,21,26). The summed E-state index contributed by atoms with van der Waals surface area (Å²) < 4.78 is 1.67. The molecule has 3 heterocycles. The van der Waals surface area contributed by atoms with Crippen LogP contribution in [-0.2, 0) is 18.4 Å². The number of para-hydroxylation sites is 1. The maximum Gasteiger partial charge on any atom is 0.257 e. The lowest BCUT2D eigenvalue weighted by Crippen LogP contribution is -2.53. The topological polar surface area (TPSA) is 79.3 Å². The highest BCUT2D eigenvalue weighted by Gasteiger charge is 2.39. The Morgan fingerprint density at radius 3 is 2.67 bits per heavy atom. The van der Waals surface area contributed by atoms with Gasteiger partial charge in [0, 0.05) is 50.5 Å². The number of fused-ring (bicyclic) bond motifs is 1. The molecule has 142 valence electrons. The average molecular weight is 367 g/mol. The van der Waals surface area contributed by atoms with E-state index < -0.39 is 0 Å². The van der Waals surface area contributed by atoms with Gasteiger partial charge in [0.25, 0.3) is 5.91 Å². The molecular weight excluding hydrogens is 342 g/mol. The molecule has 0 atom stereocenters. The van der Waals surface area contributed by atoms with Gasteiger partial charge >= 0.3 is 0 Å². The number of aromatic nitrogens is 2. The van der Waals surface area contributed by atoms with E-state index in [1.807, 2.05) is 37.1 Å². The Morgan fingerprint density at radius 2 is 1.96 bits per heavy atom. The molecule has 1 aromatic carbocycles. The molecule has 2 amide bonds. The van der Waals surface area contributed by atoms with Gasteiger partial charge in [-0.25, -0.2) is 0 Å². The molecule has 0 bridgehead atoms. The summed E-state index contributed by atoms with van der Waals surface area (Å²) in [4.78, 5) is 27.1. The Balaban J connectivity index is 1.52. The molecule has 2 aliphatic heterocycles. The number of carbonyl (C=O) groups excluding carboxylic acids is 2. The number of hydrogen-bond donors (Lipinski definition) is 2. The van der Waals surface area contributed by atoms with Gasteiger partial charge in [0.05, 0.1) is 11.3 Å². The third-order valence-corrected chi connectivity index (χ3v) is 5.64. The monoisotopic (exact) mass is 367 g/mol. The summed E-state index contributed by atoms with van der Waals surface area (Å²) in [5, 5.41) is 10.9. The molecule has 0 radical (unpaired) electrons. The van der Waals surface area contributed by atoms with Crippen molar-refractivity contribution in [3.05, 3.63) is 47.3 Å². The highest BCUT2D eigenvalue weighted by molar-refractivity contribution is 5.95. The minimum absolute atomic E-state index is 0.0196. The Morgan fingerprint density at radius 1 is 1.22 bits per heavy atom. The first-order valence-corrected chi connectivity index (χ1v) is 9.38. The van der Waals surface area contributed by atoms with E-state index in [-0.39, 0.29) is 17.4 Å². The van der Waals surface area contributed by atoms with E-state index in [0.29, 0.717) is 31.6 Å². The van der Waals surface area contributed by atoms with Crippen molar-refractivity contribution >= 4 is 17.5 Å². The van der Waals surface area contributed by atoms with Gasteiger partial charge in [-0.2, -0.15) is 5.10 Å². The van der Waals surface area contributed by atoms with Crippen LogP contribution in [0.25, 0.3) is 0 Å². The molecule has 1 aromatic heterocycles. The zero-order chi connectivity index (χ0) is 19.0. The van der Waals surface area contributed by atoms with Crippen molar-refractivity contribution in [3.8, 4) is 0 Å². The first-order chi connectivity index (χ1) is 13.0. The summed E-state index contributed by atoms with van der Waals surface area (Å²) in [6.07, 6.45) is 3.68. The molecule has 1 saturated heterocycles. The highest BCUT2D eigenvalue weighted by Crippen LogP contribution is 2.33. The fourth-order valence-electron chi connectivity index (χ4n) is 4.11. The molecule has 27 heavy (non-hydrogen) atoms.